The van der Waals surface area contributed by atoms with Gasteiger partial charge in [-0.2, -0.15) is 0 Å². The van der Waals surface area contributed by atoms with Crippen LogP contribution in [-0.4, -0.2) is 105 Å². The largest absolute Gasteiger partial charge is 0.505 e. The zero-order chi connectivity index (χ0) is 106. The minimum atomic E-state index is -0.541. The third-order valence-corrected chi connectivity index (χ3v) is 36.2. The van der Waals surface area contributed by atoms with E-state index < -0.39 is 29.1 Å². The van der Waals surface area contributed by atoms with Crippen LogP contribution in [0.5, 0.6) is 40.2 Å². The fourth-order valence-electron chi connectivity index (χ4n) is 22.0. The van der Waals surface area contributed by atoms with E-state index in [0.717, 1.165) is 128 Å². The molecule has 0 amide bonds. The Kier molecular flexibility index (Phi) is 37.1. The van der Waals surface area contributed by atoms with E-state index in [1.54, 1.807) is 24.3 Å². The van der Waals surface area contributed by atoms with Crippen molar-refractivity contribution >= 4 is 126 Å². The third-order valence-electron chi connectivity index (χ3n) is 26.5. The quantitative estimate of drug-likeness (QED) is 0.0222. The van der Waals surface area contributed by atoms with E-state index in [1.165, 1.54) is 59.3 Å². The maximum absolute atomic E-state index is 15.0. The molecule has 2 saturated heterocycles. The molecule has 147 heavy (non-hydrogen) atoms. The molecule has 22 heteroatoms. The number of aromatic hydroxyl groups is 2. The van der Waals surface area contributed by atoms with Crippen molar-refractivity contribution in [2.24, 2.45) is 0 Å². The van der Waals surface area contributed by atoms with Crippen molar-refractivity contribution in [2.75, 3.05) is 33.0 Å². The van der Waals surface area contributed by atoms with Gasteiger partial charge in [-0.15, -0.1) is 0 Å². The van der Waals surface area contributed by atoms with Crippen LogP contribution in [0.2, 0.25) is 0 Å². The van der Waals surface area contributed by atoms with Gasteiger partial charge in [-0.3, -0.25) is 0 Å². The molecule has 16 aromatic rings. The van der Waals surface area contributed by atoms with Crippen LogP contribution in [0.3, 0.4) is 0 Å². The predicted octanol–water partition coefficient (Wildman–Crippen LogP) is 36.5. The summed E-state index contributed by atoms with van der Waals surface area (Å²) in [6, 6.07) is 78.9. The van der Waals surface area contributed by atoms with Gasteiger partial charge >= 0.3 is 0 Å². The van der Waals surface area contributed by atoms with E-state index in [-0.39, 0.29) is 65.7 Å². The number of fused-ring (bicyclic) bond motifs is 9. The molecular formula is C125H145F4I2N3O10P2Pd. The van der Waals surface area contributed by atoms with Gasteiger partial charge in [-0.05, 0) is 325 Å². The molecule has 782 valence electrons. The van der Waals surface area contributed by atoms with Crippen molar-refractivity contribution in [1.29, 1.82) is 0 Å². The summed E-state index contributed by atoms with van der Waals surface area (Å²) in [7, 11) is 0.0324. The number of phenols is 2. The molecule has 2 aliphatic heterocycles. The second-order valence-electron chi connectivity index (χ2n) is 45.1. The Morgan fingerprint density at radius 3 is 0.905 bits per heavy atom. The van der Waals surface area contributed by atoms with Crippen LogP contribution in [-0.2, 0) is 34.6 Å². The number of unbranched alkanes of at least 4 members (excludes halogenated alkanes) is 2. The van der Waals surface area contributed by atoms with Crippen molar-refractivity contribution in [2.45, 2.75) is 273 Å². The first-order chi connectivity index (χ1) is 68.8. The van der Waals surface area contributed by atoms with E-state index in [9.17, 15) is 27.8 Å². The number of hydrogen-bond donors (Lipinski definition) is 2. The normalized spacial score (nSPS) is 14.5. The van der Waals surface area contributed by atoms with Gasteiger partial charge in [0.1, 0.15) is 57.8 Å². The Hall–Kier alpha value is -9.56. The molecule has 3 aromatic heterocycles. The first-order valence-electron chi connectivity index (χ1n) is 50.8. The standard InChI is InChI=1S/C54H42F2N2O4.C31H35NO4.C16H14F2I2O2.2C12H27P.Pd/c1-33-27-43(53(59)49(29-33)57-45-17-7-3-13-37(45)38-14-4-8-18-46(38)57)41-31-35(55)21-23-51(41)61-25-11-12-26-62-52-24-22-36(56)32-42(52)44-28-34(2)30-50(54(44)60)58-47-19-9-5-15-39(47)40-16-6-10-20-48(40)58;1-20-18-23(29-35-30(2,3)31(4,5)36-29)28(34-27-16-10-11-17-33-27)26(19-20)32-24-14-8-6-12-21(24)22-13-7-9-15-25(22)32;17-11-3-5-15(13(19)9-11)21-7-1-2-8-22-16-6-4-12(18)10-14(16)20;2*1-10(2,3)13(11(4,5)6)12(7,8)9;/h3-10,13-24,27-32,59-60H,11-12,25-26H2,1-2H3;6-9,12-15,18-19,27,29H,10-11,16-17H2,1-5H3;3-6,9-10H,1-2,7-8H2;2*1-9H3;. The third kappa shape index (κ3) is 27.1. The van der Waals surface area contributed by atoms with Crippen molar-refractivity contribution < 1.29 is 86.1 Å². The number of ether oxygens (including phenoxy) is 8. The van der Waals surface area contributed by atoms with Crippen LogP contribution in [0, 0.1) is 51.2 Å². The summed E-state index contributed by atoms with van der Waals surface area (Å²) >= 11 is 4.09. The van der Waals surface area contributed by atoms with Crippen molar-refractivity contribution in [1.82, 2.24) is 13.7 Å². The molecule has 2 aliphatic rings. The second-order valence-corrected chi connectivity index (χ2v) is 56.8. The van der Waals surface area contributed by atoms with Crippen LogP contribution in [0.25, 0.3) is 105 Å². The SMILES string of the molecule is CC(C)(C)P(C(C)(C)C)C(C)(C)C.CC(C)(C)P(C(C)(C)C)C(C)(C)C.Cc1cc(-c2cc(F)ccc2OCCCCOc2ccc(F)cc2-c2cc(C)cc(-n3c4ccccc4c4ccccc43)c2O)c(O)c(-n2c3ccccc3c3ccccc32)c1.Cc1cc(C2OC(C)(C)C(C)(C)O2)c(OC2CCCCO2)c(-n2c3ccccc3c3ccccc32)c1.Fc1ccc(OCCCCOc2ccc(F)cc2I)c(I)c1.[Pd]. The number of nitrogens with zero attached hydrogens (tertiary/aromatic N) is 3. The summed E-state index contributed by atoms with van der Waals surface area (Å²) in [5.41, 5.74) is 12.9. The molecular weight excluding hydrogens is 2200 g/mol. The van der Waals surface area contributed by atoms with Crippen LogP contribution < -0.4 is 23.7 Å². The van der Waals surface area contributed by atoms with Gasteiger partial charge in [0.05, 0.1) is 107 Å². The van der Waals surface area contributed by atoms with Crippen LogP contribution in [0.15, 0.2) is 255 Å². The average Bonchev–Trinajstić information content (AvgIpc) is 1.58. The van der Waals surface area contributed by atoms with Crippen LogP contribution >= 0.6 is 61.0 Å². The van der Waals surface area contributed by atoms with E-state index in [2.05, 4.69) is 249 Å². The summed E-state index contributed by atoms with van der Waals surface area (Å²) in [6.07, 6.45) is 5.01. The first-order valence-corrected chi connectivity index (χ1v) is 55.7. The zero-order valence-corrected chi connectivity index (χ0v) is 97.5. The smallest absolute Gasteiger partial charge is 0.199 e. The summed E-state index contributed by atoms with van der Waals surface area (Å²) in [5, 5.41) is 33.3. The van der Waals surface area contributed by atoms with E-state index in [0.29, 0.717) is 133 Å². The topological polar surface area (TPSA) is 129 Å². The molecule has 0 aliphatic carbocycles. The molecule has 18 rings (SSSR count). The number of aromatic nitrogens is 3. The van der Waals surface area contributed by atoms with E-state index in [1.807, 2.05) is 165 Å². The molecule has 0 bridgehead atoms. The fourth-order valence-corrected chi connectivity index (χ4v) is 35.4. The number of phenolic OH excluding ortho intramolecular Hbond substituents is 2. The van der Waals surface area contributed by atoms with Gasteiger partial charge in [0.15, 0.2) is 18.3 Å². The number of rotatable bonds is 22. The van der Waals surface area contributed by atoms with Crippen LogP contribution in [0.1, 0.15) is 226 Å². The molecule has 5 heterocycles. The molecule has 1 atom stereocenters. The first kappa shape index (κ1) is 115. The van der Waals surface area contributed by atoms with Gasteiger partial charge in [0.2, 0.25) is 0 Å². The van der Waals surface area contributed by atoms with Crippen molar-refractivity contribution in [3.8, 4) is 79.6 Å². The Morgan fingerprint density at radius 2 is 0.619 bits per heavy atom. The Morgan fingerprint density at radius 1 is 0.347 bits per heavy atom. The molecule has 13 nitrogen and oxygen atoms in total. The van der Waals surface area contributed by atoms with Gasteiger partial charge in [0.25, 0.3) is 0 Å². The zero-order valence-electron chi connectivity index (χ0n) is 89.9. The minimum Gasteiger partial charge on any atom is -0.505 e. The average molecular weight is 2350 g/mol. The van der Waals surface area contributed by atoms with E-state index in [4.69, 9.17) is 37.9 Å². The van der Waals surface area contributed by atoms with Crippen molar-refractivity contribution in [3.05, 3.63) is 307 Å². The summed E-state index contributed by atoms with van der Waals surface area (Å²) < 4.78 is 113. The van der Waals surface area contributed by atoms with Gasteiger partial charge in [0, 0.05) is 81.4 Å². The maximum Gasteiger partial charge on any atom is 0.199 e. The predicted molar refractivity (Wildman–Crippen MR) is 619 cm³/mol. The molecule has 0 saturated carbocycles. The Balaban J connectivity index is 0.000000178. The van der Waals surface area contributed by atoms with Gasteiger partial charge in [-0.25, -0.2) is 17.6 Å². The summed E-state index contributed by atoms with van der Waals surface area (Å²) in [4.78, 5) is 0. The second kappa shape index (κ2) is 47.5. The monoisotopic (exact) mass is 2350 g/mol. The Bertz CT molecular complexity index is 6750. The van der Waals surface area contributed by atoms with Crippen molar-refractivity contribution in [3.63, 3.8) is 0 Å². The number of halogens is 6. The minimum absolute atomic E-state index is 0. The van der Waals surface area contributed by atoms with Gasteiger partial charge < -0.3 is 61.8 Å². The summed E-state index contributed by atoms with van der Waals surface area (Å²) in [6.45, 7) is 59.7. The number of aryl methyl sites for hydroxylation is 3. The molecule has 2 N–H and O–H groups in total. The Labute approximate surface area is 911 Å². The molecule has 0 radical (unpaired) electrons. The molecule has 13 aromatic carbocycles. The molecule has 0 spiro atoms. The molecule has 1 unspecified atom stereocenters. The number of hydrogen-bond acceptors (Lipinski definition) is 10. The van der Waals surface area contributed by atoms with Crippen LogP contribution in [0.4, 0.5) is 17.6 Å². The maximum atomic E-state index is 15.0. The molecule has 2 fully saturated rings. The summed E-state index contributed by atoms with van der Waals surface area (Å²) in [5.74, 6) is 1.63. The fraction of sp³-hybridized carbons (Fsp3) is 0.376. The van der Waals surface area contributed by atoms with Gasteiger partial charge in [-0.1, -0.05) is 250 Å². The van der Waals surface area contributed by atoms with E-state index >= 15 is 0 Å². The number of para-hydroxylation sites is 6. The number of benzene rings is 13.